The smallest absolute Gasteiger partial charge is 0.163 e. The first-order valence-corrected chi connectivity index (χ1v) is 9.33. The molecule has 4 rings (SSSR count). The van der Waals surface area contributed by atoms with Crippen LogP contribution >= 0.6 is 0 Å². The van der Waals surface area contributed by atoms with Crippen LogP contribution in [0.5, 0.6) is 0 Å². The van der Waals surface area contributed by atoms with Gasteiger partial charge in [-0.2, -0.15) is 0 Å². The Labute approximate surface area is 154 Å². The van der Waals surface area contributed by atoms with Gasteiger partial charge in [-0.3, -0.25) is 4.98 Å². The lowest BCUT2D eigenvalue weighted by atomic mass is 9.82. The number of nitrogens with one attached hydrogen (secondary N) is 1. The average Bonchev–Trinajstić information content (AvgIpc) is 3.09. The van der Waals surface area contributed by atoms with Crippen LogP contribution in [0.3, 0.4) is 0 Å². The van der Waals surface area contributed by atoms with E-state index < -0.39 is 0 Å². The highest BCUT2D eigenvalue weighted by Gasteiger charge is 2.25. The van der Waals surface area contributed by atoms with Gasteiger partial charge in [0, 0.05) is 42.1 Å². The Morgan fingerprint density at radius 3 is 2.88 bits per heavy atom. The first kappa shape index (κ1) is 16.8. The van der Waals surface area contributed by atoms with E-state index in [1.165, 1.54) is 30.5 Å². The maximum Gasteiger partial charge on any atom is 0.163 e. The molecule has 0 bridgehead atoms. The summed E-state index contributed by atoms with van der Waals surface area (Å²) in [6.07, 6.45) is 8.46. The molecule has 0 radical (unpaired) electrons. The van der Waals surface area contributed by atoms with E-state index in [-0.39, 0.29) is 0 Å². The molecule has 1 aromatic carbocycles. The standard InChI is InChI=1S/C21H25N5/c1-15-6-5-11-22-20(15)16-7-3-9-18(12-16)24-19-10-4-8-17(13-19)21-25-23-14-26(21)2/h4-6,8,10-11,13-14,16,18,24H,3,7,9,12H2,1-2H3/t16-,18-/m1/s1. The molecule has 134 valence electrons. The van der Waals surface area contributed by atoms with Gasteiger partial charge in [0.25, 0.3) is 0 Å². The molecule has 0 spiro atoms. The van der Waals surface area contributed by atoms with E-state index in [2.05, 4.69) is 57.8 Å². The summed E-state index contributed by atoms with van der Waals surface area (Å²) in [5.41, 5.74) is 4.81. The molecular weight excluding hydrogens is 322 g/mol. The molecule has 26 heavy (non-hydrogen) atoms. The zero-order valence-corrected chi connectivity index (χ0v) is 15.4. The Balaban J connectivity index is 1.49. The Morgan fingerprint density at radius 1 is 1.15 bits per heavy atom. The Hall–Kier alpha value is -2.69. The molecule has 3 aromatic rings. The van der Waals surface area contributed by atoms with Crippen molar-refractivity contribution in [3.05, 3.63) is 60.2 Å². The van der Waals surface area contributed by atoms with Crippen LogP contribution in [0.1, 0.15) is 42.9 Å². The second kappa shape index (κ2) is 7.28. The lowest BCUT2D eigenvalue weighted by Crippen LogP contribution is -2.27. The minimum Gasteiger partial charge on any atom is -0.382 e. The van der Waals surface area contributed by atoms with Gasteiger partial charge in [-0.15, -0.1) is 10.2 Å². The third-order valence-corrected chi connectivity index (χ3v) is 5.31. The van der Waals surface area contributed by atoms with Gasteiger partial charge in [-0.1, -0.05) is 24.6 Å². The monoisotopic (exact) mass is 347 g/mol. The number of rotatable bonds is 4. The van der Waals surface area contributed by atoms with Crippen LogP contribution in [0, 0.1) is 6.92 Å². The van der Waals surface area contributed by atoms with Crippen LogP contribution in [0.2, 0.25) is 0 Å². The Kier molecular flexibility index (Phi) is 4.69. The van der Waals surface area contributed by atoms with Crippen molar-refractivity contribution in [2.45, 2.75) is 44.6 Å². The predicted molar refractivity (Wildman–Crippen MR) is 104 cm³/mol. The van der Waals surface area contributed by atoms with Crippen LogP contribution in [-0.4, -0.2) is 25.8 Å². The fourth-order valence-electron chi connectivity index (χ4n) is 4.02. The molecule has 5 nitrogen and oxygen atoms in total. The molecule has 0 unspecified atom stereocenters. The van der Waals surface area contributed by atoms with E-state index in [4.69, 9.17) is 0 Å². The molecule has 2 atom stereocenters. The molecular formula is C21H25N5. The van der Waals surface area contributed by atoms with E-state index in [1.54, 1.807) is 6.33 Å². The Morgan fingerprint density at radius 2 is 2.08 bits per heavy atom. The fraction of sp³-hybridized carbons (Fsp3) is 0.381. The van der Waals surface area contributed by atoms with Crippen LogP contribution in [-0.2, 0) is 7.05 Å². The highest BCUT2D eigenvalue weighted by molar-refractivity contribution is 5.62. The zero-order valence-electron chi connectivity index (χ0n) is 15.4. The number of hydrogen-bond acceptors (Lipinski definition) is 4. The molecule has 1 N–H and O–H groups in total. The third-order valence-electron chi connectivity index (χ3n) is 5.31. The summed E-state index contributed by atoms with van der Waals surface area (Å²) < 4.78 is 1.94. The van der Waals surface area contributed by atoms with Crippen molar-refractivity contribution in [1.82, 2.24) is 19.7 Å². The van der Waals surface area contributed by atoms with Crippen LogP contribution in [0.4, 0.5) is 5.69 Å². The van der Waals surface area contributed by atoms with E-state index >= 15 is 0 Å². The fourth-order valence-corrected chi connectivity index (χ4v) is 4.02. The van der Waals surface area contributed by atoms with E-state index in [0.29, 0.717) is 12.0 Å². The van der Waals surface area contributed by atoms with Gasteiger partial charge in [0.2, 0.25) is 0 Å². The summed E-state index contributed by atoms with van der Waals surface area (Å²) in [6, 6.07) is 13.1. The summed E-state index contributed by atoms with van der Waals surface area (Å²) in [4.78, 5) is 4.66. The second-order valence-electron chi connectivity index (χ2n) is 7.26. The van der Waals surface area contributed by atoms with Gasteiger partial charge in [-0.25, -0.2) is 0 Å². The summed E-state index contributed by atoms with van der Waals surface area (Å²) >= 11 is 0. The molecule has 0 aliphatic heterocycles. The first-order chi connectivity index (χ1) is 12.7. The van der Waals surface area contributed by atoms with Crippen LogP contribution in [0.25, 0.3) is 11.4 Å². The molecule has 0 saturated heterocycles. The van der Waals surface area contributed by atoms with Crippen LogP contribution < -0.4 is 5.32 Å². The van der Waals surface area contributed by atoms with Crippen molar-refractivity contribution in [3.63, 3.8) is 0 Å². The predicted octanol–water partition coefficient (Wildman–Crippen LogP) is 4.32. The quantitative estimate of drug-likeness (QED) is 0.763. The molecule has 2 heterocycles. The SMILES string of the molecule is Cc1cccnc1[C@@H]1CCC[C@@H](Nc2cccc(-c3nncn3C)c2)C1. The summed E-state index contributed by atoms with van der Waals surface area (Å²) in [6.45, 7) is 2.17. The van der Waals surface area contributed by atoms with Gasteiger partial charge in [-0.05, 0) is 49.9 Å². The second-order valence-corrected chi connectivity index (χ2v) is 7.26. The lowest BCUT2D eigenvalue weighted by molar-refractivity contribution is 0.404. The summed E-state index contributed by atoms with van der Waals surface area (Å²) in [5, 5.41) is 11.9. The van der Waals surface area contributed by atoms with Crippen molar-refractivity contribution in [3.8, 4) is 11.4 Å². The highest BCUT2D eigenvalue weighted by Crippen LogP contribution is 2.34. The van der Waals surface area contributed by atoms with Crippen molar-refractivity contribution >= 4 is 5.69 Å². The zero-order chi connectivity index (χ0) is 17.9. The largest absolute Gasteiger partial charge is 0.382 e. The van der Waals surface area contributed by atoms with E-state index in [9.17, 15) is 0 Å². The number of benzene rings is 1. The molecule has 5 heteroatoms. The number of pyridine rings is 1. The normalized spacial score (nSPS) is 20.1. The van der Waals surface area contributed by atoms with Gasteiger partial charge in [0.1, 0.15) is 6.33 Å². The Bertz CT molecular complexity index is 885. The van der Waals surface area contributed by atoms with Gasteiger partial charge >= 0.3 is 0 Å². The number of aryl methyl sites for hydroxylation is 2. The summed E-state index contributed by atoms with van der Waals surface area (Å²) in [7, 11) is 1.97. The van der Waals surface area contributed by atoms with E-state index in [0.717, 1.165) is 23.5 Å². The van der Waals surface area contributed by atoms with Crippen LogP contribution in [0.15, 0.2) is 48.9 Å². The summed E-state index contributed by atoms with van der Waals surface area (Å²) in [5.74, 6) is 1.43. The van der Waals surface area contributed by atoms with Crippen molar-refractivity contribution in [2.75, 3.05) is 5.32 Å². The van der Waals surface area contributed by atoms with Crippen molar-refractivity contribution in [1.29, 1.82) is 0 Å². The van der Waals surface area contributed by atoms with Crippen molar-refractivity contribution in [2.24, 2.45) is 7.05 Å². The third kappa shape index (κ3) is 3.47. The molecule has 1 aliphatic rings. The highest BCUT2D eigenvalue weighted by atomic mass is 15.2. The maximum atomic E-state index is 4.66. The van der Waals surface area contributed by atoms with E-state index in [1.807, 2.05) is 23.9 Å². The topological polar surface area (TPSA) is 55.6 Å². The minimum atomic E-state index is 0.477. The minimum absolute atomic E-state index is 0.477. The first-order valence-electron chi connectivity index (χ1n) is 9.33. The molecule has 1 aliphatic carbocycles. The number of aromatic nitrogens is 4. The lowest BCUT2D eigenvalue weighted by Gasteiger charge is -2.31. The average molecular weight is 347 g/mol. The van der Waals surface area contributed by atoms with Gasteiger partial charge in [0.05, 0.1) is 0 Å². The van der Waals surface area contributed by atoms with Gasteiger partial charge < -0.3 is 9.88 Å². The molecule has 1 saturated carbocycles. The maximum absolute atomic E-state index is 4.66. The van der Waals surface area contributed by atoms with Gasteiger partial charge in [0.15, 0.2) is 5.82 Å². The number of hydrogen-bond donors (Lipinski definition) is 1. The van der Waals surface area contributed by atoms with Crippen molar-refractivity contribution < 1.29 is 0 Å². The molecule has 0 amide bonds. The number of anilines is 1. The molecule has 1 fully saturated rings. The molecule has 2 aromatic heterocycles. The number of nitrogens with zero attached hydrogens (tertiary/aromatic N) is 4.